The first-order chi connectivity index (χ1) is 33.2. The van der Waals surface area contributed by atoms with E-state index in [2.05, 4.69) is 46.7 Å². The molecule has 18 nitrogen and oxygen atoms in total. The van der Waals surface area contributed by atoms with E-state index in [4.69, 9.17) is 50.9 Å². The lowest BCUT2D eigenvalue weighted by molar-refractivity contribution is 0.393. The van der Waals surface area contributed by atoms with Gasteiger partial charge in [0.05, 0.1) is 58.9 Å². The van der Waals surface area contributed by atoms with Gasteiger partial charge in [-0.25, -0.2) is 19.9 Å². The van der Waals surface area contributed by atoms with E-state index in [1.165, 1.54) is 48.2 Å². The topological polar surface area (TPSA) is 227 Å². The van der Waals surface area contributed by atoms with Crippen LogP contribution in [0.25, 0.3) is 66.1 Å². The predicted molar refractivity (Wildman–Crippen MR) is 281 cm³/mol. The first kappa shape index (κ1) is 49.9. The molecule has 0 fully saturated rings. The number of H-pyrrole nitrogens is 2. The number of nitrogens with two attached hydrogens (primary N) is 1. The number of nitrogen functional groups attached to an aromatic ring is 1. The monoisotopic (exact) mass is 982 g/mol. The number of aromatic amines is 2. The molecule has 2 aliphatic rings. The van der Waals surface area contributed by atoms with Crippen LogP contribution in [0, 0.1) is 41.5 Å². The summed E-state index contributed by atoms with van der Waals surface area (Å²) >= 11 is 6.33. The number of rotatable bonds is 6. The molecule has 0 saturated heterocycles. The third-order valence-electron chi connectivity index (χ3n) is 13.2. The number of nitrogens with one attached hydrogen (secondary N) is 3. The first-order valence-corrected chi connectivity index (χ1v) is 23.5. The number of nitrogens with zero attached hydrogens (tertiary/aromatic N) is 10. The van der Waals surface area contributed by atoms with Crippen molar-refractivity contribution in [1.29, 1.82) is 0 Å². The van der Waals surface area contributed by atoms with Gasteiger partial charge in [0.15, 0.2) is 0 Å². The molecule has 0 bridgehead atoms. The Kier molecular flexibility index (Phi) is 13.9. The van der Waals surface area contributed by atoms with E-state index in [9.17, 15) is 0 Å². The molecular formula is C52H63ClN14O4. The molecule has 8 heterocycles. The number of ether oxygens (including phenoxy) is 2. The fraction of sp³-hybridized carbons (Fsp3) is 0.385. The number of anilines is 3. The van der Waals surface area contributed by atoms with Crippen LogP contribution in [0.4, 0.5) is 17.5 Å². The van der Waals surface area contributed by atoms with Crippen molar-refractivity contribution < 1.29 is 18.5 Å². The van der Waals surface area contributed by atoms with E-state index in [0.717, 1.165) is 138 Å². The number of halogens is 1. The van der Waals surface area contributed by atoms with Crippen molar-refractivity contribution in [3.63, 3.8) is 0 Å². The van der Waals surface area contributed by atoms with Crippen LogP contribution in [0.5, 0.6) is 11.5 Å². The molecule has 12 rings (SSSR count). The number of aryl methyl sites for hydroxylation is 10. The van der Waals surface area contributed by atoms with Gasteiger partial charge in [-0.15, -0.1) is 0 Å². The second-order valence-electron chi connectivity index (χ2n) is 17.8. The van der Waals surface area contributed by atoms with Gasteiger partial charge in [-0.05, 0) is 117 Å². The lowest BCUT2D eigenvalue weighted by atomic mass is 9.97. The SMILES string of the molecule is C.C.COc1cc2c(cc1-c1c(C)noc1C)[nH]c1nc(C)nc(Cl)c12.COc1cc2c(cc1-c1c(C)noc1C)[nH]c1nc(C)nc(Nc3c4c(nn3C)CCCC4)c12.Cn1nc2c(c1N)CCCC2. The summed E-state index contributed by atoms with van der Waals surface area (Å²) in [7, 11) is 7.22. The molecule has 5 N–H and O–H groups in total. The Labute approximate surface area is 417 Å². The zero-order chi connectivity index (χ0) is 48.4. The number of benzene rings is 2. The molecule has 71 heavy (non-hydrogen) atoms. The van der Waals surface area contributed by atoms with Crippen LogP contribution in [-0.4, -0.2) is 74.0 Å². The first-order valence-electron chi connectivity index (χ1n) is 23.1. The highest BCUT2D eigenvalue weighted by Gasteiger charge is 2.25. The molecule has 0 unspecified atom stereocenters. The molecule has 0 radical (unpaired) electrons. The maximum Gasteiger partial charge on any atom is 0.145 e. The van der Waals surface area contributed by atoms with Gasteiger partial charge in [-0.3, -0.25) is 9.36 Å². The van der Waals surface area contributed by atoms with Crippen LogP contribution >= 0.6 is 11.6 Å². The third kappa shape index (κ3) is 8.89. The van der Waals surface area contributed by atoms with E-state index < -0.39 is 0 Å². The minimum atomic E-state index is 0. The summed E-state index contributed by atoms with van der Waals surface area (Å²) in [6.07, 6.45) is 9.19. The fourth-order valence-corrected chi connectivity index (χ4v) is 10.3. The highest BCUT2D eigenvalue weighted by atomic mass is 35.5. The number of fused-ring (bicyclic) bond motifs is 8. The minimum Gasteiger partial charge on any atom is -0.496 e. The quantitative estimate of drug-likeness (QED) is 0.114. The lowest BCUT2D eigenvalue weighted by Gasteiger charge is -2.13. The van der Waals surface area contributed by atoms with Gasteiger partial charge < -0.3 is 39.5 Å². The Morgan fingerprint density at radius 1 is 0.634 bits per heavy atom. The van der Waals surface area contributed by atoms with Gasteiger partial charge in [-0.1, -0.05) is 36.8 Å². The van der Waals surface area contributed by atoms with Gasteiger partial charge in [0, 0.05) is 58.2 Å². The summed E-state index contributed by atoms with van der Waals surface area (Å²) in [6.45, 7) is 11.4. The van der Waals surface area contributed by atoms with Gasteiger partial charge in [0.25, 0.3) is 0 Å². The molecule has 19 heteroatoms. The van der Waals surface area contributed by atoms with Crippen LogP contribution in [0.2, 0.25) is 5.15 Å². The molecule has 0 atom stereocenters. The molecule has 2 aliphatic carbocycles. The van der Waals surface area contributed by atoms with Gasteiger partial charge >= 0.3 is 0 Å². The van der Waals surface area contributed by atoms with Crippen molar-refractivity contribution >= 4 is 72.9 Å². The second kappa shape index (κ2) is 19.7. The summed E-state index contributed by atoms with van der Waals surface area (Å²) in [5, 5.41) is 24.9. The van der Waals surface area contributed by atoms with Crippen molar-refractivity contribution in [3.05, 3.63) is 86.5 Å². The Balaban J connectivity index is 0.000000158. The van der Waals surface area contributed by atoms with E-state index >= 15 is 0 Å². The van der Waals surface area contributed by atoms with E-state index in [0.29, 0.717) is 22.4 Å². The highest BCUT2D eigenvalue weighted by molar-refractivity contribution is 6.36. The average molecular weight is 984 g/mol. The van der Waals surface area contributed by atoms with Crippen LogP contribution in [-0.2, 0) is 39.8 Å². The standard InChI is InChI=1S/C25H27N7O2.C17H15ClN4O2.C8H13N3.2CH4/c1-12-21(13(2)34-31-12)17-10-19-16(11-20(17)33-5)22-23(28-19)26-14(3)27-24(22)29-25-15-8-6-7-9-18(15)30-32(25)4;1-7-14(8(2)24-22-7)11-5-12-10(6-13(11)23-4)15-16(18)19-9(3)20-17(15)21-12;1-11-8(9)6-4-2-3-5-7(6)10-11;;/h10-11H,6-9H2,1-5H3,(H2,26,27,28,29);5-6H,1-4H3,(H,19,20,21);2-5,9H2,1H3;2*1H4. The van der Waals surface area contributed by atoms with Crippen LogP contribution in [0.15, 0.2) is 33.3 Å². The molecule has 0 saturated carbocycles. The summed E-state index contributed by atoms with van der Waals surface area (Å²) in [5.74, 6) is 6.90. The zero-order valence-corrected chi connectivity index (χ0v) is 41.3. The Hall–Kier alpha value is -7.47. The Morgan fingerprint density at radius 2 is 1.11 bits per heavy atom. The predicted octanol–water partition coefficient (Wildman–Crippen LogP) is 11.6. The largest absolute Gasteiger partial charge is 0.496 e. The molecule has 0 aliphatic heterocycles. The average Bonchev–Trinajstić information content (AvgIpc) is 4.17. The van der Waals surface area contributed by atoms with Crippen LogP contribution in [0.3, 0.4) is 0 Å². The number of hydrogen-bond acceptors (Lipinski definition) is 14. The highest BCUT2D eigenvalue weighted by Crippen LogP contribution is 2.43. The molecule has 2 aromatic carbocycles. The van der Waals surface area contributed by atoms with Gasteiger partial charge in [0.2, 0.25) is 0 Å². The van der Waals surface area contributed by atoms with Crippen molar-refractivity contribution in [1.82, 2.24) is 59.8 Å². The fourth-order valence-electron chi connectivity index (χ4n) is 10.0. The summed E-state index contributed by atoms with van der Waals surface area (Å²) in [6, 6.07) is 8.07. The smallest absolute Gasteiger partial charge is 0.145 e. The number of aromatic nitrogens is 12. The summed E-state index contributed by atoms with van der Waals surface area (Å²) < 4.78 is 25.8. The van der Waals surface area contributed by atoms with E-state index in [-0.39, 0.29) is 14.9 Å². The van der Waals surface area contributed by atoms with Gasteiger partial charge in [0.1, 0.15) is 68.6 Å². The Morgan fingerprint density at radius 3 is 1.63 bits per heavy atom. The molecular weight excluding hydrogens is 920 g/mol. The van der Waals surface area contributed by atoms with Crippen molar-refractivity contribution in [3.8, 4) is 33.8 Å². The van der Waals surface area contributed by atoms with Crippen molar-refractivity contribution in [2.24, 2.45) is 14.1 Å². The van der Waals surface area contributed by atoms with E-state index in [1.807, 2.05) is 78.5 Å². The third-order valence-corrected chi connectivity index (χ3v) is 13.5. The maximum atomic E-state index is 6.33. The van der Waals surface area contributed by atoms with Crippen molar-refractivity contribution in [2.75, 3.05) is 25.3 Å². The Bertz CT molecular complexity index is 3570. The number of hydrogen-bond donors (Lipinski definition) is 4. The molecule has 8 aromatic heterocycles. The minimum absolute atomic E-state index is 0. The molecule has 0 amide bonds. The molecule has 372 valence electrons. The molecule has 0 spiro atoms. The normalized spacial score (nSPS) is 12.9. The maximum absolute atomic E-state index is 6.33. The summed E-state index contributed by atoms with van der Waals surface area (Å²) in [4.78, 5) is 25.0. The van der Waals surface area contributed by atoms with Crippen molar-refractivity contribution in [2.45, 2.75) is 108 Å². The van der Waals surface area contributed by atoms with Crippen LogP contribution < -0.4 is 20.5 Å². The lowest BCUT2D eigenvalue weighted by Crippen LogP contribution is -2.06. The second-order valence-corrected chi connectivity index (χ2v) is 18.2. The zero-order valence-electron chi connectivity index (χ0n) is 40.5. The number of methoxy groups -OCH3 is 2. The van der Waals surface area contributed by atoms with Crippen LogP contribution in [0.1, 0.15) is 97.6 Å². The summed E-state index contributed by atoms with van der Waals surface area (Å²) in [5.41, 5.74) is 19.5. The van der Waals surface area contributed by atoms with E-state index in [1.54, 1.807) is 18.9 Å². The van der Waals surface area contributed by atoms with Gasteiger partial charge in [-0.2, -0.15) is 10.2 Å². The molecule has 10 aromatic rings.